The zero-order valence-corrected chi connectivity index (χ0v) is 16.1. The van der Waals surface area contributed by atoms with E-state index in [1.807, 2.05) is 0 Å². The summed E-state index contributed by atoms with van der Waals surface area (Å²) in [5, 5.41) is 2.89. The van der Waals surface area contributed by atoms with Gasteiger partial charge >= 0.3 is 18.3 Å². The van der Waals surface area contributed by atoms with Crippen molar-refractivity contribution in [2.75, 3.05) is 11.9 Å². The number of benzene rings is 2. The molecule has 10 heteroatoms. The summed E-state index contributed by atoms with van der Waals surface area (Å²) < 4.78 is 82.7. The molecule has 0 saturated carbocycles. The van der Waals surface area contributed by atoms with Gasteiger partial charge in [-0.15, -0.1) is 0 Å². The molecule has 1 N–H and O–H groups in total. The minimum Gasteiger partial charge on any atom is -0.462 e. The van der Waals surface area contributed by atoms with Gasteiger partial charge in [-0.2, -0.15) is 26.3 Å². The van der Waals surface area contributed by atoms with Crippen LogP contribution in [0.15, 0.2) is 48.7 Å². The molecule has 164 valence electrons. The van der Waals surface area contributed by atoms with E-state index in [1.54, 1.807) is 6.92 Å². The molecule has 0 bridgehead atoms. The van der Waals surface area contributed by atoms with E-state index in [0.717, 1.165) is 24.3 Å². The number of carbonyl (C=O) groups excluding carboxylic acids is 1. The van der Waals surface area contributed by atoms with Gasteiger partial charge in [0.1, 0.15) is 5.56 Å². The standard InChI is InChI=1S/C21H16F6N2O2/c1-2-31-19(30)16-11-28-17-8-7-14(21(25,26)27)9-15(17)18(16)29-10-12-3-5-13(6-4-12)20(22,23)24/h3-9,11H,2,10H2,1H3,(H,28,29). The van der Waals surface area contributed by atoms with Crippen LogP contribution in [0.2, 0.25) is 0 Å². The second kappa shape index (κ2) is 8.44. The molecule has 0 spiro atoms. The summed E-state index contributed by atoms with van der Waals surface area (Å²) in [6.07, 6.45) is -7.92. The van der Waals surface area contributed by atoms with E-state index >= 15 is 0 Å². The van der Waals surface area contributed by atoms with Crippen molar-refractivity contribution >= 4 is 22.6 Å². The Hall–Kier alpha value is -3.30. The predicted octanol–water partition coefficient (Wildman–Crippen LogP) is 6.06. The number of esters is 1. The number of hydrogen-bond acceptors (Lipinski definition) is 4. The van der Waals surface area contributed by atoms with Crippen molar-refractivity contribution < 1.29 is 35.9 Å². The maximum atomic E-state index is 13.2. The van der Waals surface area contributed by atoms with Crippen LogP contribution in [0.5, 0.6) is 0 Å². The van der Waals surface area contributed by atoms with Crippen LogP contribution >= 0.6 is 0 Å². The highest BCUT2D eigenvalue weighted by atomic mass is 19.4. The van der Waals surface area contributed by atoms with Gasteiger partial charge in [-0.25, -0.2) is 4.79 Å². The molecule has 0 saturated heterocycles. The van der Waals surface area contributed by atoms with Gasteiger partial charge in [0.2, 0.25) is 0 Å². The molecule has 3 aromatic rings. The molecule has 0 aliphatic carbocycles. The van der Waals surface area contributed by atoms with E-state index in [0.29, 0.717) is 5.56 Å². The van der Waals surface area contributed by atoms with E-state index in [9.17, 15) is 31.1 Å². The number of anilines is 1. The molecule has 0 radical (unpaired) electrons. The number of aromatic nitrogens is 1. The van der Waals surface area contributed by atoms with Crippen LogP contribution in [0.25, 0.3) is 10.9 Å². The minimum absolute atomic E-state index is 0.0345. The first-order chi connectivity index (χ1) is 14.5. The largest absolute Gasteiger partial charge is 0.462 e. The topological polar surface area (TPSA) is 51.2 Å². The molecule has 0 unspecified atom stereocenters. The molecule has 1 heterocycles. The molecule has 0 aliphatic heterocycles. The molecule has 0 amide bonds. The third-order valence-corrected chi connectivity index (χ3v) is 4.44. The fourth-order valence-corrected chi connectivity index (χ4v) is 2.93. The third-order valence-electron chi connectivity index (χ3n) is 4.44. The Morgan fingerprint density at radius 3 is 2.16 bits per heavy atom. The normalized spacial score (nSPS) is 12.1. The number of rotatable bonds is 5. The number of carbonyl (C=O) groups is 1. The van der Waals surface area contributed by atoms with Crippen molar-refractivity contribution in [2.24, 2.45) is 0 Å². The summed E-state index contributed by atoms with van der Waals surface area (Å²) >= 11 is 0. The van der Waals surface area contributed by atoms with Gasteiger partial charge in [0, 0.05) is 18.1 Å². The van der Waals surface area contributed by atoms with Crippen LogP contribution in [0.4, 0.5) is 32.0 Å². The number of nitrogens with zero attached hydrogens (tertiary/aromatic N) is 1. The molecular weight excluding hydrogens is 426 g/mol. The fraction of sp³-hybridized carbons (Fsp3) is 0.238. The highest BCUT2D eigenvalue weighted by Crippen LogP contribution is 2.35. The monoisotopic (exact) mass is 442 g/mol. The first-order valence-electron chi connectivity index (χ1n) is 9.07. The lowest BCUT2D eigenvalue weighted by Gasteiger charge is -2.16. The van der Waals surface area contributed by atoms with Gasteiger partial charge in [0.05, 0.1) is 28.9 Å². The summed E-state index contributed by atoms with van der Waals surface area (Å²) in [5.74, 6) is -0.788. The highest BCUT2D eigenvalue weighted by molar-refractivity contribution is 6.05. The first-order valence-corrected chi connectivity index (χ1v) is 9.07. The zero-order chi connectivity index (χ0) is 22.8. The van der Waals surface area contributed by atoms with Crippen molar-refractivity contribution in [3.8, 4) is 0 Å². The maximum absolute atomic E-state index is 13.2. The van der Waals surface area contributed by atoms with Gasteiger partial charge < -0.3 is 10.1 Å². The Bertz CT molecular complexity index is 1090. The molecule has 3 rings (SSSR count). The molecule has 4 nitrogen and oxygen atoms in total. The summed E-state index contributed by atoms with van der Waals surface area (Å²) in [4.78, 5) is 16.3. The summed E-state index contributed by atoms with van der Waals surface area (Å²) in [7, 11) is 0. The Morgan fingerprint density at radius 2 is 1.58 bits per heavy atom. The van der Waals surface area contributed by atoms with Crippen LogP contribution in [0.3, 0.4) is 0 Å². The van der Waals surface area contributed by atoms with Crippen LogP contribution in [0, 0.1) is 0 Å². The van der Waals surface area contributed by atoms with Gasteiger partial charge in [0.25, 0.3) is 0 Å². The number of pyridine rings is 1. The Labute approximate surface area is 172 Å². The number of nitrogens with one attached hydrogen (secondary N) is 1. The third kappa shape index (κ3) is 5.07. The molecule has 2 aromatic carbocycles. The quantitative estimate of drug-likeness (QED) is 0.386. The highest BCUT2D eigenvalue weighted by Gasteiger charge is 2.31. The van der Waals surface area contributed by atoms with E-state index < -0.39 is 29.4 Å². The number of ether oxygens (including phenoxy) is 1. The molecular formula is C21H16F6N2O2. The Kier molecular flexibility index (Phi) is 6.10. The van der Waals surface area contributed by atoms with Crippen molar-refractivity contribution in [1.29, 1.82) is 0 Å². The SMILES string of the molecule is CCOC(=O)c1cnc2ccc(C(F)(F)F)cc2c1NCc1ccc(C(F)(F)F)cc1. The van der Waals surface area contributed by atoms with Crippen molar-refractivity contribution in [2.45, 2.75) is 25.8 Å². The molecule has 0 atom stereocenters. The first kappa shape index (κ1) is 22.4. The van der Waals surface area contributed by atoms with Gasteiger partial charge in [-0.3, -0.25) is 4.98 Å². The zero-order valence-electron chi connectivity index (χ0n) is 16.1. The molecule has 31 heavy (non-hydrogen) atoms. The maximum Gasteiger partial charge on any atom is 0.416 e. The summed E-state index contributed by atoms with van der Waals surface area (Å²) in [5.41, 5.74) is -1.15. The summed E-state index contributed by atoms with van der Waals surface area (Å²) in [6.45, 7) is 1.57. The lowest BCUT2D eigenvalue weighted by atomic mass is 10.1. The average Bonchev–Trinajstić information content (AvgIpc) is 2.70. The molecule has 0 aliphatic rings. The lowest BCUT2D eigenvalue weighted by molar-refractivity contribution is -0.138. The van der Waals surface area contributed by atoms with Crippen LogP contribution < -0.4 is 5.32 Å². The van der Waals surface area contributed by atoms with Crippen molar-refractivity contribution in [1.82, 2.24) is 4.98 Å². The Morgan fingerprint density at radius 1 is 0.968 bits per heavy atom. The lowest BCUT2D eigenvalue weighted by Crippen LogP contribution is -2.12. The second-order valence-electron chi connectivity index (χ2n) is 6.55. The van der Waals surface area contributed by atoms with Crippen molar-refractivity contribution in [3.05, 3.63) is 70.9 Å². The second-order valence-corrected chi connectivity index (χ2v) is 6.55. The van der Waals surface area contributed by atoms with Gasteiger partial charge in [0.15, 0.2) is 0 Å². The molecule has 0 fully saturated rings. The number of fused-ring (bicyclic) bond motifs is 1. The number of alkyl halides is 6. The average molecular weight is 442 g/mol. The van der Waals surface area contributed by atoms with Gasteiger partial charge in [-0.1, -0.05) is 12.1 Å². The molecule has 1 aromatic heterocycles. The van der Waals surface area contributed by atoms with Crippen LogP contribution in [-0.2, 0) is 23.6 Å². The van der Waals surface area contributed by atoms with E-state index in [2.05, 4.69) is 10.3 Å². The number of hydrogen-bond donors (Lipinski definition) is 1. The number of halogens is 6. The fourth-order valence-electron chi connectivity index (χ4n) is 2.93. The minimum atomic E-state index is -4.61. The predicted molar refractivity (Wildman–Crippen MR) is 101 cm³/mol. The summed E-state index contributed by atoms with van der Waals surface area (Å²) in [6, 6.07) is 7.19. The van der Waals surface area contributed by atoms with Crippen LogP contribution in [-0.4, -0.2) is 17.6 Å². The van der Waals surface area contributed by atoms with Crippen LogP contribution in [0.1, 0.15) is 34.0 Å². The van der Waals surface area contributed by atoms with E-state index in [-0.39, 0.29) is 35.3 Å². The van der Waals surface area contributed by atoms with Gasteiger partial charge in [-0.05, 0) is 42.8 Å². The Balaban J connectivity index is 2.02. The van der Waals surface area contributed by atoms with Crippen molar-refractivity contribution in [3.63, 3.8) is 0 Å². The smallest absolute Gasteiger partial charge is 0.416 e. The van der Waals surface area contributed by atoms with E-state index in [1.165, 1.54) is 24.4 Å². The van der Waals surface area contributed by atoms with E-state index in [4.69, 9.17) is 4.74 Å².